The Morgan fingerprint density at radius 3 is 3.08 bits per heavy atom. The minimum atomic E-state index is 0.320. The molecule has 1 aromatic carbocycles. The third-order valence-corrected chi connectivity index (χ3v) is 2.35. The second-order valence-electron chi connectivity index (χ2n) is 3.06. The third-order valence-electron chi connectivity index (χ3n) is 2.35. The number of hydrogen-bond donors (Lipinski definition) is 1. The Morgan fingerprint density at radius 1 is 1.54 bits per heavy atom. The van der Waals surface area contributed by atoms with Crippen LogP contribution in [0, 0.1) is 0 Å². The Balaban J connectivity index is 2.34. The molecule has 3 nitrogen and oxygen atoms in total. The molecule has 3 heteroatoms. The maximum absolute atomic E-state index is 5.50. The molecule has 0 bridgehead atoms. The number of ether oxygens (including phenoxy) is 2. The molecule has 0 saturated heterocycles. The first kappa shape index (κ1) is 8.38. The maximum Gasteiger partial charge on any atom is 0.127 e. The number of methoxy groups -OCH3 is 1. The summed E-state index contributed by atoms with van der Waals surface area (Å²) in [5.41, 5.74) is 1.21. The van der Waals surface area contributed by atoms with Crippen molar-refractivity contribution in [2.24, 2.45) is 0 Å². The molecule has 0 aliphatic carbocycles. The van der Waals surface area contributed by atoms with Gasteiger partial charge in [0.05, 0.1) is 13.2 Å². The van der Waals surface area contributed by atoms with Gasteiger partial charge in [-0.05, 0) is 19.2 Å². The largest absolute Gasteiger partial charge is 0.497 e. The monoisotopic (exact) mass is 179 g/mol. The molecule has 2 rings (SSSR count). The van der Waals surface area contributed by atoms with Gasteiger partial charge >= 0.3 is 0 Å². The summed E-state index contributed by atoms with van der Waals surface area (Å²) in [6, 6.07) is 6.24. The Bertz CT molecular complexity index is 312. The molecule has 1 N–H and O–H groups in total. The molecule has 1 aromatic rings. The number of nitrogens with one attached hydrogen (secondary N) is 1. The van der Waals surface area contributed by atoms with Crippen molar-refractivity contribution >= 4 is 0 Å². The molecule has 0 saturated carbocycles. The van der Waals surface area contributed by atoms with Crippen LogP contribution in [0.5, 0.6) is 11.5 Å². The van der Waals surface area contributed by atoms with Gasteiger partial charge in [0.15, 0.2) is 0 Å². The first-order valence-electron chi connectivity index (χ1n) is 4.33. The number of likely N-dealkylation sites (N-methyl/N-ethyl adjacent to an activating group) is 1. The summed E-state index contributed by atoms with van der Waals surface area (Å²) in [5, 5.41) is 3.19. The van der Waals surface area contributed by atoms with Crippen LogP contribution in [0.2, 0.25) is 0 Å². The molecule has 1 heterocycles. The summed E-state index contributed by atoms with van der Waals surface area (Å²) < 4.78 is 10.6. The van der Waals surface area contributed by atoms with Gasteiger partial charge in [-0.25, -0.2) is 0 Å². The summed E-state index contributed by atoms with van der Waals surface area (Å²) >= 11 is 0. The van der Waals surface area contributed by atoms with E-state index in [2.05, 4.69) is 5.32 Å². The van der Waals surface area contributed by atoms with Crippen LogP contribution in [0.3, 0.4) is 0 Å². The average molecular weight is 179 g/mol. The molecule has 0 spiro atoms. The van der Waals surface area contributed by atoms with E-state index in [-0.39, 0.29) is 0 Å². The van der Waals surface area contributed by atoms with Crippen molar-refractivity contribution in [3.05, 3.63) is 23.8 Å². The topological polar surface area (TPSA) is 30.5 Å². The predicted molar refractivity (Wildman–Crippen MR) is 50.3 cm³/mol. The van der Waals surface area contributed by atoms with Crippen LogP contribution in [0.1, 0.15) is 11.6 Å². The van der Waals surface area contributed by atoms with E-state index < -0.39 is 0 Å². The van der Waals surface area contributed by atoms with E-state index in [0.29, 0.717) is 12.6 Å². The van der Waals surface area contributed by atoms with Crippen molar-refractivity contribution in [2.45, 2.75) is 6.04 Å². The van der Waals surface area contributed by atoms with Crippen LogP contribution < -0.4 is 14.8 Å². The first-order chi connectivity index (χ1) is 6.35. The van der Waals surface area contributed by atoms with E-state index in [0.717, 1.165) is 11.5 Å². The summed E-state index contributed by atoms with van der Waals surface area (Å²) in [7, 11) is 3.60. The Morgan fingerprint density at radius 2 is 2.38 bits per heavy atom. The van der Waals surface area contributed by atoms with E-state index >= 15 is 0 Å². The van der Waals surface area contributed by atoms with Gasteiger partial charge in [0, 0.05) is 11.6 Å². The molecule has 0 fully saturated rings. The third kappa shape index (κ3) is 1.35. The van der Waals surface area contributed by atoms with Crippen molar-refractivity contribution in [1.82, 2.24) is 5.32 Å². The van der Waals surface area contributed by atoms with E-state index in [9.17, 15) is 0 Å². The molecule has 13 heavy (non-hydrogen) atoms. The second kappa shape index (κ2) is 3.26. The molecule has 1 aliphatic rings. The lowest BCUT2D eigenvalue weighted by Crippen LogP contribution is -2.16. The number of fused-ring (bicyclic) bond motifs is 1. The lowest BCUT2D eigenvalue weighted by atomic mass is 10.1. The Kier molecular flexibility index (Phi) is 2.10. The zero-order valence-electron chi connectivity index (χ0n) is 7.83. The fraction of sp³-hybridized carbons (Fsp3) is 0.400. The highest BCUT2D eigenvalue weighted by Gasteiger charge is 2.22. The van der Waals surface area contributed by atoms with E-state index in [1.807, 2.05) is 25.2 Å². The van der Waals surface area contributed by atoms with Crippen molar-refractivity contribution in [3.8, 4) is 11.5 Å². The first-order valence-corrected chi connectivity index (χ1v) is 4.33. The van der Waals surface area contributed by atoms with Crippen LogP contribution in [-0.2, 0) is 0 Å². The normalized spacial score (nSPS) is 19.4. The van der Waals surface area contributed by atoms with Crippen LogP contribution in [0.4, 0.5) is 0 Å². The van der Waals surface area contributed by atoms with Crippen LogP contribution in [0.15, 0.2) is 18.2 Å². The van der Waals surface area contributed by atoms with Crippen LogP contribution in [-0.4, -0.2) is 20.8 Å². The van der Waals surface area contributed by atoms with Crippen molar-refractivity contribution in [2.75, 3.05) is 20.8 Å². The Labute approximate surface area is 77.7 Å². The van der Waals surface area contributed by atoms with Gasteiger partial charge in [0.2, 0.25) is 0 Å². The highest BCUT2D eigenvalue weighted by atomic mass is 16.5. The van der Waals surface area contributed by atoms with E-state index in [4.69, 9.17) is 9.47 Å². The molecule has 70 valence electrons. The number of hydrogen-bond acceptors (Lipinski definition) is 3. The smallest absolute Gasteiger partial charge is 0.127 e. The van der Waals surface area contributed by atoms with Gasteiger partial charge in [-0.1, -0.05) is 0 Å². The van der Waals surface area contributed by atoms with Crippen LogP contribution >= 0.6 is 0 Å². The van der Waals surface area contributed by atoms with Crippen LogP contribution in [0.25, 0.3) is 0 Å². The Hall–Kier alpha value is -1.22. The standard InChI is InChI=1S/C10H13NO2/c1-11-9-6-13-10-5-7(12-2)3-4-8(9)10/h3-5,9,11H,6H2,1-2H3. The fourth-order valence-electron chi connectivity index (χ4n) is 1.56. The van der Waals surface area contributed by atoms with Gasteiger partial charge in [-0.15, -0.1) is 0 Å². The lowest BCUT2D eigenvalue weighted by molar-refractivity contribution is 0.316. The summed E-state index contributed by atoms with van der Waals surface area (Å²) in [6.45, 7) is 0.707. The van der Waals surface area contributed by atoms with Gasteiger partial charge in [0.1, 0.15) is 18.1 Å². The van der Waals surface area contributed by atoms with Gasteiger partial charge in [-0.2, -0.15) is 0 Å². The summed E-state index contributed by atoms with van der Waals surface area (Å²) in [5.74, 6) is 1.77. The minimum Gasteiger partial charge on any atom is -0.497 e. The highest BCUT2D eigenvalue weighted by Crippen LogP contribution is 2.34. The average Bonchev–Trinajstić information content (AvgIpc) is 2.59. The number of benzene rings is 1. The molecule has 0 radical (unpaired) electrons. The number of rotatable bonds is 2. The molecule has 1 atom stereocenters. The highest BCUT2D eigenvalue weighted by molar-refractivity contribution is 5.44. The predicted octanol–water partition coefficient (Wildman–Crippen LogP) is 1.35. The summed E-state index contributed by atoms with van der Waals surface area (Å²) in [4.78, 5) is 0. The molecule has 1 unspecified atom stereocenters. The molecule has 1 aliphatic heterocycles. The quantitative estimate of drug-likeness (QED) is 0.743. The molecule has 0 amide bonds. The summed E-state index contributed by atoms with van der Waals surface area (Å²) in [6.07, 6.45) is 0. The molecular formula is C10H13NO2. The van der Waals surface area contributed by atoms with Crippen molar-refractivity contribution < 1.29 is 9.47 Å². The maximum atomic E-state index is 5.50. The van der Waals surface area contributed by atoms with E-state index in [1.165, 1.54) is 5.56 Å². The zero-order chi connectivity index (χ0) is 9.26. The lowest BCUT2D eigenvalue weighted by Gasteiger charge is -2.06. The fourth-order valence-corrected chi connectivity index (χ4v) is 1.56. The van der Waals surface area contributed by atoms with Gasteiger partial charge in [0.25, 0.3) is 0 Å². The second-order valence-corrected chi connectivity index (χ2v) is 3.06. The zero-order valence-corrected chi connectivity index (χ0v) is 7.83. The minimum absolute atomic E-state index is 0.320. The molecule has 0 aromatic heterocycles. The van der Waals surface area contributed by atoms with Gasteiger partial charge < -0.3 is 14.8 Å². The van der Waals surface area contributed by atoms with Gasteiger partial charge in [-0.3, -0.25) is 0 Å². The molecular weight excluding hydrogens is 166 g/mol. The van der Waals surface area contributed by atoms with Crippen molar-refractivity contribution in [1.29, 1.82) is 0 Å². The van der Waals surface area contributed by atoms with Crippen molar-refractivity contribution in [3.63, 3.8) is 0 Å². The SMILES string of the molecule is CNC1COc2cc(OC)ccc21. The van der Waals surface area contributed by atoms with E-state index in [1.54, 1.807) is 7.11 Å².